The molecule has 0 fully saturated rings. The summed E-state index contributed by atoms with van der Waals surface area (Å²) in [6.07, 6.45) is 2.16. The molecule has 1 aliphatic carbocycles. The third-order valence-electron chi connectivity index (χ3n) is 4.99. The lowest BCUT2D eigenvalue weighted by atomic mass is 9.94. The zero-order chi connectivity index (χ0) is 19.3. The summed E-state index contributed by atoms with van der Waals surface area (Å²) in [5.74, 6) is 0.116. The van der Waals surface area contributed by atoms with Crippen molar-refractivity contribution in [3.05, 3.63) is 57.7 Å². The standard InChI is InChI=1S/C20H19ClN2O3S/c1-11-6-7-13(9-15(11)21)23-27(25,26)19-10-17-14(8-12(19)2)20-16(22-17)4-3-5-18(20)24/h6-10,22-23H,3-5H2,1-2H3. The van der Waals surface area contributed by atoms with E-state index in [0.717, 1.165) is 29.5 Å². The van der Waals surface area contributed by atoms with E-state index in [-0.39, 0.29) is 10.7 Å². The van der Waals surface area contributed by atoms with E-state index >= 15 is 0 Å². The molecular weight excluding hydrogens is 384 g/mol. The third-order valence-corrected chi connectivity index (χ3v) is 6.93. The molecule has 1 aromatic heterocycles. The molecule has 0 amide bonds. The van der Waals surface area contributed by atoms with Gasteiger partial charge in [0.1, 0.15) is 0 Å². The topological polar surface area (TPSA) is 79.0 Å². The molecule has 5 nitrogen and oxygen atoms in total. The zero-order valence-corrected chi connectivity index (χ0v) is 16.6. The minimum absolute atomic E-state index is 0.116. The van der Waals surface area contributed by atoms with Gasteiger partial charge in [0.05, 0.1) is 10.6 Å². The summed E-state index contributed by atoms with van der Waals surface area (Å²) in [7, 11) is -3.79. The van der Waals surface area contributed by atoms with E-state index in [9.17, 15) is 13.2 Å². The van der Waals surface area contributed by atoms with E-state index in [2.05, 4.69) is 9.71 Å². The van der Waals surface area contributed by atoms with Crippen molar-refractivity contribution in [3.8, 4) is 0 Å². The van der Waals surface area contributed by atoms with Crippen molar-refractivity contribution in [2.24, 2.45) is 0 Å². The number of hydrogen-bond acceptors (Lipinski definition) is 3. The molecule has 0 bridgehead atoms. The SMILES string of the molecule is Cc1ccc(NS(=O)(=O)c2cc3[nH]c4c(c3cc2C)C(=O)CCC4)cc1Cl. The number of hydrogen-bond donors (Lipinski definition) is 2. The van der Waals surface area contributed by atoms with E-state index in [1.807, 2.05) is 6.92 Å². The second kappa shape index (κ2) is 6.39. The summed E-state index contributed by atoms with van der Waals surface area (Å²) in [4.78, 5) is 15.7. The highest BCUT2D eigenvalue weighted by Crippen LogP contribution is 2.33. The molecule has 1 heterocycles. The molecule has 0 aliphatic heterocycles. The van der Waals surface area contributed by atoms with Crippen LogP contribution in [-0.4, -0.2) is 19.2 Å². The number of rotatable bonds is 3. The molecule has 140 valence electrons. The number of aromatic amines is 1. The largest absolute Gasteiger partial charge is 0.358 e. The molecule has 0 saturated carbocycles. The number of anilines is 1. The van der Waals surface area contributed by atoms with Crippen molar-refractivity contribution in [1.82, 2.24) is 4.98 Å². The first-order valence-corrected chi connectivity index (χ1v) is 10.6. The molecule has 0 spiro atoms. The monoisotopic (exact) mass is 402 g/mol. The summed E-state index contributed by atoms with van der Waals surface area (Å²) < 4.78 is 28.5. The average molecular weight is 403 g/mol. The Kier molecular flexibility index (Phi) is 4.28. The molecule has 1 aliphatic rings. The Morgan fingerprint density at radius 2 is 1.85 bits per heavy atom. The summed E-state index contributed by atoms with van der Waals surface area (Å²) in [6.45, 7) is 3.59. The zero-order valence-electron chi connectivity index (χ0n) is 15.0. The molecule has 7 heteroatoms. The molecule has 27 heavy (non-hydrogen) atoms. The van der Waals surface area contributed by atoms with Gasteiger partial charge in [0.2, 0.25) is 0 Å². The first kappa shape index (κ1) is 18.1. The molecule has 4 rings (SSSR count). The van der Waals surface area contributed by atoms with Crippen LogP contribution in [0.5, 0.6) is 0 Å². The van der Waals surface area contributed by atoms with Crippen LogP contribution in [0.3, 0.4) is 0 Å². The van der Waals surface area contributed by atoms with E-state index in [1.54, 1.807) is 37.3 Å². The first-order chi connectivity index (χ1) is 12.8. The number of halogens is 1. The predicted molar refractivity (Wildman–Crippen MR) is 107 cm³/mol. The average Bonchev–Trinajstić information content (AvgIpc) is 2.96. The molecular formula is C20H19ClN2O3S. The first-order valence-electron chi connectivity index (χ1n) is 8.73. The lowest BCUT2D eigenvalue weighted by Gasteiger charge is -2.12. The van der Waals surface area contributed by atoms with Crippen LogP contribution in [-0.2, 0) is 16.4 Å². The smallest absolute Gasteiger partial charge is 0.262 e. The van der Waals surface area contributed by atoms with E-state index in [0.29, 0.717) is 33.8 Å². The summed E-state index contributed by atoms with van der Waals surface area (Å²) >= 11 is 6.10. The Balaban J connectivity index is 1.79. The number of Topliss-reactive ketones (excluding diaryl/α,β-unsaturated/α-hetero) is 1. The van der Waals surface area contributed by atoms with Gasteiger partial charge in [-0.3, -0.25) is 9.52 Å². The fourth-order valence-corrected chi connectivity index (χ4v) is 5.08. The molecule has 2 N–H and O–H groups in total. The Hall–Kier alpha value is -2.31. The highest BCUT2D eigenvalue weighted by molar-refractivity contribution is 7.92. The van der Waals surface area contributed by atoms with Gasteiger partial charge in [0.15, 0.2) is 5.78 Å². The van der Waals surface area contributed by atoms with Crippen molar-refractivity contribution in [1.29, 1.82) is 0 Å². The number of benzene rings is 2. The maximum absolute atomic E-state index is 12.9. The molecule has 0 unspecified atom stereocenters. The van der Waals surface area contributed by atoms with E-state index < -0.39 is 10.0 Å². The van der Waals surface area contributed by atoms with Crippen LogP contribution in [0, 0.1) is 13.8 Å². The number of carbonyl (C=O) groups is 1. The van der Waals surface area contributed by atoms with Crippen LogP contribution >= 0.6 is 11.6 Å². The van der Waals surface area contributed by atoms with Crippen LogP contribution < -0.4 is 4.72 Å². The minimum atomic E-state index is -3.79. The highest BCUT2D eigenvalue weighted by atomic mass is 35.5. The number of carbonyl (C=O) groups excluding carboxylic acids is 1. The van der Waals surface area contributed by atoms with Gasteiger partial charge in [0.25, 0.3) is 10.0 Å². The second-order valence-electron chi connectivity index (χ2n) is 6.99. The van der Waals surface area contributed by atoms with Crippen molar-refractivity contribution in [2.45, 2.75) is 38.0 Å². The molecule has 0 radical (unpaired) electrons. The van der Waals surface area contributed by atoms with E-state index in [4.69, 9.17) is 11.6 Å². The van der Waals surface area contributed by atoms with Crippen LogP contribution in [0.4, 0.5) is 5.69 Å². The van der Waals surface area contributed by atoms with Gasteiger partial charge in [-0.1, -0.05) is 17.7 Å². The van der Waals surface area contributed by atoms with Gasteiger partial charge in [-0.15, -0.1) is 0 Å². The van der Waals surface area contributed by atoms with Crippen LogP contribution in [0.2, 0.25) is 5.02 Å². The number of aryl methyl sites for hydroxylation is 3. The Labute approximate surface area is 162 Å². The summed E-state index contributed by atoms with van der Waals surface area (Å²) in [5.41, 5.74) is 4.15. The Bertz CT molecular complexity index is 1200. The number of sulfonamides is 1. The van der Waals surface area contributed by atoms with Crippen molar-refractivity contribution in [3.63, 3.8) is 0 Å². The van der Waals surface area contributed by atoms with Crippen LogP contribution in [0.1, 0.15) is 40.0 Å². The second-order valence-corrected chi connectivity index (χ2v) is 9.05. The number of H-pyrrole nitrogens is 1. The lowest BCUT2D eigenvalue weighted by molar-refractivity contribution is 0.0974. The van der Waals surface area contributed by atoms with Gasteiger partial charge in [-0.05, 0) is 62.1 Å². The van der Waals surface area contributed by atoms with Gasteiger partial charge in [-0.25, -0.2) is 8.42 Å². The molecule has 0 saturated heterocycles. The minimum Gasteiger partial charge on any atom is -0.358 e. The van der Waals surface area contributed by atoms with Crippen molar-refractivity contribution >= 4 is 44.0 Å². The number of aromatic nitrogens is 1. The van der Waals surface area contributed by atoms with Crippen LogP contribution in [0.25, 0.3) is 10.9 Å². The van der Waals surface area contributed by atoms with E-state index in [1.165, 1.54) is 0 Å². The lowest BCUT2D eigenvalue weighted by Crippen LogP contribution is -2.14. The van der Waals surface area contributed by atoms with Crippen LogP contribution in [0.15, 0.2) is 35.2 Å². The van der Waals surface area contributed by atoms with Gasteiger partial charge < -0.3 is 4.98 Å². The maximum atomic E-state index is 12.9. The number of nitrogens with one attached hydrogen (secondary N) is 2. The summed E-state index contributed by atoms with van der Waals surface area (Å²) in [5, 5.41) is 1.29. The summed E-state index contributed by atoms with van der Waals surface area (Å²) in [6, 6.07) is 8.42. The van der Waals surface area contributed by atoms with Crippen molar-refractivity contribution in [2.75, 3.05) is 4.72 Å². The predicted octanol–water partition coefficient (Wildman–Crippen LogP) is 4.76. The molecule has 3 aromatic rings. The quantitative estimate of drug-likeness (QED) is 0.663. The van der Waals surface area contributed by atoms with Crippen molar-refractivity contribution < 1.29 is 13.2 Å². The molecule has 0 atom stereocenters. The van der Waals surface area contributed by atoms with Gasteiger partial charge in [0, 0.05) is 33.6 Å². The Morgan fingerprint density at radius 3 is 2.59 bits per heavy atom. The Morgan fingerprint density at radius 1 is 1.07 bits per heavy atom. The molecule has 2 aromatic carbocycles. The van der Waals surface area contributed by atoms with Gasteiger partial charge >= 0.3 is 0 Å². The van der Waals surface area contributed by atoms with Gasteiger partial charge in [-0.2, -0.15) is 0 Å². The highest BCUT2D eigenvalue weighted by Gasteiger charge is 2.25. The maximum Gasteiger partial charge on any atom is 0.262 e. The third kappa shape index (κ3) is 3.13. The number of fused-ring (bicyclic) bond motifs is 3. The number of ketones is 1. The fraction of sp³-hybridized carbons (Fsp3) is 0.250. The fourth-order valence-electron chi connectivity index (χ4n) is 3.60. The normalized spacial score (nSPS) is 14.4.